The van der Waals surface area contributed by atoms with E-state index in [0.29, 0.717) is 6.04 Å². The van der Waals surface area contributed by atoms with E-state index in [-0.39, 0.29) is 5.82 Å². The second-order valence-corrected chi connectivity index (χ2v) is 5.63. The minimum Gasteiger partial charge on any atom is -0.370 e. The second kappa shape index (κ2) is 6.72. The van der Waals surface area contributed by atoms with Crippen LogP contribution in [0.5, 0.6) is 0 Å². The van der Waals surface area contributed by atoms with Gasteiger partial charge >= 0.3 is 0 Å². The highest BCUT2D eigenvalue weighted by Gasteiger charge is 2.19. The van der Waals surface area contributed by atoms with Crippen LogP contribution in [-0.4, -0.2) is 19.1 Å². The molecule has 1 fully saturated rings. The third-order valence-electron chi connectivity index (χ3n) is 4.03. The molecule has 0 spiro atoms. The van der Waals surface area contributed by atoms with Gasteiger partial charge in [0.2, 0.25) is 0 Å². The number of nitrogens with one attached hydrogen (secondary N) is 1. The standard InChI is InChI=1S/C18H21FN2/c19-16-8-4-10-18(12-16)21-11-5-9-17(14-21)20-13-15-6-2-1-3-7-15/h1-4,6-8,10,12,17,20H,5,9,11,13-14H2. The normalized spacial score (nSPS) is 18.7. The summed E-state index contributed by atoms with van der Waals surface area (Å²) < 4.78 is 13.3. The zero-order valence-electron chi connectivity index (χ0n) is 12.1. The molecule has 3 rings (SSSR count). The fourth-order valence-electron chi connectivity index (χ4n) is 2.91. The van der Waals surface area contributed by atoms with E-state index in [1.807, 2.05) is 12.1 Å². The topological polar surface area (TPSA) is 15.3 Å². The summed E-state index contributed by atoms with van der Waals surface area (Å²) >= 11 is 0. The van der Waals surface area contributed by atoms with Crippen LogP contribution in [0.15, 0.2) is 54.6 Å². The summed E-state index contributed by atoms with van der Waals surface area (Å²) in [6, 6.07) is 17.8. The van der Waals surface area contributed by atoms with Crippen LogP contribution in [-0.2, 0) is 6.54 Å². The van der Waals surface area contributed by atoms with E-state index < -0.39 is 0 Å². The molecule has 1 aliphatic rings. The van der Waals surface area contributed by atoms with Crippen LogP contribution < -0.4 is 10.2 Å². The monoisotopic (exact) mass is 284 g/mol. The number of hydrogen-bond donors (Lipinski definition) is 1. The number of hydrogen-bond acceptors (Lipinski definition) is 2. The van der Waals surface area contributed by atoms with Crippen molar-refractivity contribution in [1.82, 2.24) is 5.32 Å². The lowest BCUT2D eigenvalue weighted by molar-refractivity contribution is 0.421. The largest absolute Gasteiger partial charge is 0.370 e. The molecule has 1 unspecified atom stereocenters. The number of benzene rings is 2. The Morgan fingerprint density at radius 3 is 2.76 bits per heavy atom. The number of halogens is 1. The molecule has 0 saturated carbocycles. The third kappa shape index (κ3) is 3.82. The van der Waals surface area contributed by atoms with Gasteiger partial charge < -0.3 is 10.2 Å². The molecule has 1 atom stereocenters. The van der Waals surface area contributed by atoms with Crippen molar-refractivity contribution in [3.05, 3.63) is 66.0 Å². The summed E-state index contributed by atoms with van der Waals surface area (Å²) in [7, 11) is 0. The summed E-state index contributed by atoms with van der Waals surface area (Å²) in [5, 5.41) is 3.62. The van der Waals surface area contributed by atoms with Gasteiger partial charge in [0, 0.05) is 31.4 Å². The van der Waals surface area contributed by atoms with Gasteiger partial charge in [-0.3, -0.25) is 0 Å². The van der Waals surface area contributed by atoms with Crippen LogP contribution in [0.2, 0.25) is 0 Å². The van der Waals surface area contributed by atoms with Crippen molar-refractivity contribution in [1.29, 1.82) is 0 Å². The molecule has 1 saturated heterocycles. The first kappa shape index (κ1) is 14.1. The van der Waals surface area contributed by atoms with Gasteiger partial charge in [-0.25, -0.2) is 4.39 Å². The number of piperidine rings is 1. The van der Waals surface area contributed by atoms with Crippen molar-refractivity contribution in [2.24, 2.45) is 0 Å². The lowest BCUT2D eigenvalue weighted by atomic mass is 10.0. The molecule has 110 valence electrons. The summed E-state index contributed by atoms with van der Waals surface area (Å²) in [5.41, 5.74) is 2.29. The molecule has 0 aromatic heterocycles. The zero-order chi connectivity index (χ0) is 14.5. The number of anilines is 1. The molecule has 2 nitrogen and oxygen atoms in total. The SMILES string of the molecule is Fc1cccc(N2CCCC(NCc3ccccc3)C2)c1. The molecule has 0 bridgehead atoms. The molecule has 1 N–H and O–H groups in total. The molecule has 0 aliphatic carbocycles. The van der Waals surface area contributed by atoms with Gasteiger partial charge in [0.25, 0.3) is 0 Å². The van der Waals surface area contributed by atoms with Crippen LogP contribution in [0.25, 0.3) is 0 Å². The van der Waals surface area contributed by atoms with E-state index in [1.165, 1.54) is 18.1 Å². The van der Waals surface area contributed by atoms with Crippen LogP contribution in [0, 0.1) is 5.82 Å². The van der Waals surface area contributed by atoms with Crippen LogP contribution in [0.1, 0.15) is 18.4 Å². The van der Waals surface area contributed by atoms with E-state index in [2.05, 4.69) is 34.5 Å². The molecular weight excluding hydrogens is 263 g/mol. The van der Waals surface area contributed by atoms with Crippen LogP contribution in [0.3, 0.4) is 0 Å². The second-order valence-electron chi connectivity index (χ2n) is 5.63. The Balaban J connectivity index is 1.58. The van der Waals surface area contributed by atoms with Crippen molar-refractivity contribution < 1.29 is 4.39 Å². The third-order valence-corrected chi connectivity index (χ3v) is 4.03. The summed E-state index contributed by atoms with van der Waals surface area (Å²) in [6.07, 6.45) is 2.32. The smallest absolute Gasteiger partial charge is 0.125 e. The lowest BCUT2D eigenvalue weighted by Crippen LogP contribution is -2.45. The van der Waals surface area contributed by atoms with E-state index in [4.69, 9.17) is 0 Å². The maximum Gasteiger partial charge on any atom is 0.125 e. The molecule has 2 aromatic carbocycles. The highest BCUT2D eigenvalue weighted by atomic mass is 19.1. The van der Waals surface area contributed by atoms with E-state index >= 15 is 0 Å². The summed E-state index contributed by atoms with van der Waals surface area (Å²) in [6.45, 7) is 2.84. The molecule has 0 amide bonds. The Labute approximate surface area is 125 Å². The van der Waals surface area contributed by atoms with Crippen molar-refractivity contribution >= 4 is 5.69 Å². The minimum absolute atomic E-state index is 0.160. The number of nitrogens with zero attached hydrogens (tertiary/aromatic N) is 1. The molecule has 1 heterocycles. The van der Waals surface area contributed by atoms with Crippen LogP contribution >= 0.6 is 0 Å². The van der Waals surface area contributed by atoms with Gasteiger partial charge in [0.15, 0.2) is 0 Å². The van der Waals surface area contributed by atoms with E-state index in [1.54, 1.807) is 12.1 Å². The van der Waals surface area contributed by atoms with Gasteiger partial charge in [-0.1, -0.05) is 36.4 Å². The Bertz CT molecular complexity index is 570. The first-order valence-corrected chi connectivity index (χ1v) is 7.59. The molecule has 3 heteroatoms. The van der Waals surface area contributed by atoms with Gasteiger partial charge in [-0.15, -0.1) is 0 Å². The highest BCUT2D eigenvalue weighted by molar-refractivity contribution is 5.47. The van der Waals surface area contributed by atoms with Gasteiger partial charge in [0.05, 0.1) is 0 Å². The quantitative estimate of drug-likeness (QED) is 0.923. The minimum atomic E-state index is -0.160. The Morgan fingerprint density at radius 1 is 1.10 bits per heavy atom. The summed E-state index contributed by atoms with van der Waals surface area (Å²) in [5.74, 6) is -0.160. The van der Waals surface area contributed by atoms with E-state index in [9.17, 15) is 4.39 Å². The van der Waals surface area contributed by atoms with Gasteiger partial charge in [0.1, 0.15) is 5.82 Å². The predicted molar refractivity (Wildman–Crippen MR) is 84.9 cm³/mol. The lowest BCUT2D eigenvalue weighted by Gasteiger charge is -2.35. The Morgan fingerprint density at radius 2 is 1.95 bits per heavy atom. The average molecular weight is 284 g/mol. The van der Waals surface area contributed by atoms with Gasteiger partial charge in [-0.2, -0.15) is 0 Å². The molecule has 21 heavy (non-hydrogen) atoms. The molecule has 2 aromatic rings. The van der Waals surface area contributed by atoms with Crippen molar-refractivity contribution in [2.45, 2.75) is 25.4 Å². The fraction of sp³-hybridized carbons (Fsp3) is 0.333. The van der Waals surface area contributed by atoms with Crippen molar-refractivity contribution in [2.75, 3.05) is 18.0 Å². The average Bonchev–Trinajstić information content (AvgIpc) is 2.54. The van der Waals surface area contributed by atoms with Crippen LogP contribution in [0.4, 0.5) is 10.1 Å². The Hall–Kier alpha value is -1.87. The highest BCUT2D eigenvalue weighted by Crippen LogP contribution is 2.20. The number of rotatable bonds is 4. The first-order chi connectivity index (χ1) is 10.3. The molecule has 0 radical (unpaired) electrons. The van der Waals surface area contributed by atoms with Gasteiger partial charge in [-0.05, 0) is 36.6 Å². The predicted octanol–water partition coefficient (Wildman–Crippen LogP) is 3.58. The fourth-order valence-corrected chi connectivity index (χ4v) is 2.91. The maximum atomic E-state index is 13.3. The maximum absolute atomic E-state index is 13.3. The first-order valence-electron chi connectivity index (χ1n) is 7.59. The molecule has 1 aliphatic heterocycles. The van der Waals surface area contributed by atoms with Crippen molar-refractivity contribution in [3.8, 4) is 0 Å². The zero-order valence-corrected chi connectivity index (χ0v) is 12.1. The summed E-state index contributed by atoms with van der Waals surface area (Å²) in [4.78, 5) is 2.27. The Kier molecular flexibility index (Phi) is 4.51. The van der Waals surface area contributed by atoms with Crippen molar-refractivity contribution in [3.63, 3.8) is 0 Å². The molecular formula is C18H21FN2. The van der Waals surface area contributed by atoms with E-state index in [0.717, 1.165) is 31.7 Å².